The van der Waals surface area contributed by atoms with Gasteiger partial charge in [0.1, 0.15) is 5.75 Å². The molecule has 0 aliphatic rings. The van der Waals surface area contributed by atoms with Gasteiger partial charge in [0, 0.05) is 12.6 Å². The van der Waals surface area contributed by atoms with Crippen molar-refractivity contribution in [2.75, 3.05) is 20.2 Å². The molecule has 0 saturated heterocycles. The number of hydrogen-bond donors (Lipinski definition) is 2. The number of benzene rings is 1. The van der Waals surface area contributed by atoms with E-state index in [1.54, 1.807) is 0 Å². The van der Waals surface area contributed by atoms with Gasteiger partial charge in [-0.2, -0.15) is 0 Å². The van der Waals surface area contributed by atoms with E-state index < -0.39 is 0 Å². The fourth-order valence-electron chi connectivity index (χ4n) is 1.74. The molecule has 0 aliphatic heterocycles. The minimum Gasteiger partial charge on any atom is -0.484 e. The molecule has 0 saturated carbocycles. The first kappa shape index (κ1) is 16.5. The zero-order chi connectivity index (χ0) is 14.8. The Morgan fingerprint density at radius 1 is 1.30 bits per heavy atom. The Morgan fingerprint density at radius 3 is 2.60 bits per heavy atom. The van der Waals surface area contributed by atoms with Crippen molar-refractivity contribution in [3.05, 3.63) is 29.8 Å². The van der Waals surface area contributed by atoms with Gasteiger partial charge >= 0.3 is 0 Å². The predicted octanol–water partition coefficient (Wildman–Crippen LogP) is 2.13. The maximum absolute atomic E-state index is 11.4. The summed E-state index contributed by atoms with van der Waals surface area (Å²) in [5.74, 6) is 0.667. The van der Waals surface area contributed by atoms with Crippen molar-refractivity contribution < 1.29 is 9.53 Å². The number of amides is 1. The third kappa shape index (κ3) is 6.57. The zero-order valence-corrected chi connectivity index (χ0v) is 12.7. The Balaban J connectivity index is 2.33. The standard InChI is InChI=1S/C16H26N2O2/c1-4-11-18-16(19)12-20-15-9-7-14(8-10-15)6-5-13(2)17-3/h7-10,13,17H,4-6,11-12H2,1-3H3,(H,18,19). The molecular formula is C16H26N2O2. The molecule has 0 fully saturated rings. The average Bonchev–Trinajstić information content (AvgIpc) is 2.49. The molecule has 1 aromatic rings. The monoisotopic (exact) mass is 278 g/mol. The van der Waals surface area contributed by atoms with Crippen molar-refractivity contribution in [3.8, 4) is 5.75 Å². The van der Waals surface area contributed by atoms with Crippen molar-refractivity contribution >= 4 is 5.91 Å². The molecule has 4 heteroatoms. The summed E-state index contributed by atoms with van der Waals surface area (Å²) in [7, 11) is 1.98. The minimum absolute atomic E-state index is 0.0706. The van der Waals surface area contributed by atoms with Gasteiger partial charge in [0.15, 0.2) is 6.61 Å². The second-order valence-corrected chi connectivity index (χ2v) is 5.01. The van der Waals surface area contributed by atoms with Crippen LogP contribution in [0.3, 0.4) is 0 Å². The molecule has 112 valence electrons. The molecule has 1 aromatic carbocycles. The van der Waals surface area contributed by atoms with Gasteiger partial charge in [-0.1, -0.05) is 19.1 Å². The van der Waals surface area contributed by atoms with E-state index in [0.29, 0.717) is 12.6 Å². The lowest BCUT2D eigenvalue weighted by Gasteiger charge is -2.10. The fraction of sp³-hybridized carbons (Fsp3) is 0.562. The van der Waals surface area contributed by atoms with Crippen molar-refractivity contribution in [2.24, 2.45) is 0 Å². The Morgan fingerprint density at radius 2 is 2.00 bits per heavy atom. The summed E-state index contributed by atoms with van der Waals surface area (Å²) in [5, 5.41) is 6.01. The van der Waals surface area contributed by atoms with Crippen LogP contribution in [0.25, 0.3) is 0 Å². The molecule has 20 heavy (non-hydrogen) atoms. The van der Waals surface area contributed by atoms with Gasteiger partial charge in [-0.25, -0.2) is 0 Å². The highest BCUT2D eigenvalue weighted by Crippen LogP contribution is 2.13. The van der Waals surface area contributed by atoms with Crippen LogP contribution < -0.4 is 15.4 Å². The van der Waals surface area contributed by atoms with Crippen LogP contribution >= 0.6 is 0 Å². The summed E-state index contributed by atoms with van der Waals surface area (Å²) in [6, 6.07) is 8.48. The molecule has 0 bridgehead atoms. The Kier molecular flexibility index (Phi) is 7.73. The highest BCUT2D eigenvalue weighted by molar-refractivity contribution is 5.77. The van der Waals surface area contributed by atoms with E-state index in [0.717, 1.165) is 25.0 Å². The van der Waals surface area contributed by atoms with Crippen molar-refractivity contribution in [1.82, 2.24) is 10.6 Å². The average molecular weight is 278 g/mol. The Hall–Kier alpha value is -1.55. The van der Waals surface area contributed by atoms with Crippen LogP contribution in [-0.4, -0.2) is 32.1 Å². The topological polar surface area (TPSA) is 50.4 Å². The SMILES string of the molecule is CCCNC(=O)COc1ccc(CCC(C)NC)cc1. The molecule has 1 atom stereocenters. The molecule has 1 unspecified atom stereocenters. The van der Waals surface area contributed by atoms with E-state index >= 15 is 0 Å². The Bertz CT molecular complexity index is 390. The number of carbonyl (C=O) groups is 1. The largest absolute Gasteiger partial charge is 0.484 e. The van der Waals surface area contributed by atoms with Crippen LogP contribution in [0.1, 0.15) is 32.3 Å². The second kappa shape index (κ2) is 9.37. The fourth-order valence-corrected chi connectivity index (χ4v) is 1.74. The summed E-state index contributed by atoms with van der Waals surface area (Å²) < 4.78 is 5.44. The molecule has 0 radical (unpaired) electrons. The number of hydrogen-bond acceptors (Lipinski definition) is 3. The van der Waals surface area contributed by atoms with Crippen LogP contribution in [0.2, 0.25) is 0 Å². The predicted molar refractivity (Wildman–Crippen MR) is 82.1 cm³/mol. The quantitative estimate of drug-likeness (QED) is 0.727. The maximum Gasteiger partial charge on any atom is 0.257 e. The summed E-state index contributed by atoms with van der Waals surface area (Å²) in [6.45, 7) is 4.97. The van der Waals surface area contributed by atoms with Crippen molar-refractivity contribution in [2.45, 2.75) is 39.2 Å². The van der Waals surface area contributed by atoms with Crippen LogP contribution in [0.5, 0.6) is 5.75 Å². The van der Waals surface area contributed by atoms with E-state index in [2.05, 4.69) is 29.7 Å². The molecule has 0 aromatic heterocycles. The molecule has 2 N–H and O–H groups in total. The lowest BCUT2D eigenvalue weighted by atomic mass is 10.1. The maximum atomic E-state index is 11.4. The third-order valence-corrected chi connectivity index (χ3v) is 3.22. The van der Waals surface area contributed by atoms with Gasteiger partial charge in [0.05, 0.1) is 0 Å². The van der Waals surface area contributed by atoms with E-state index in [-0.39, 0.29) is 12.5 Å². The molecule has 0 aliphatic carbocycles. The summed E-state index contributed by atoms with van der Waals surface area (Å²) in [5.41, 5.74) is 1.29. The van der Waals surface area contributed by atoms with E-state index in [9.17, 15) is 4.79 Å². The Labute approximate surface area is 121 Å². The van der Waals surface area contributed by atoms with Crippen LogP contribution in [-0.2, 0) is 11.2 Å². The lowest BCUT2D eigenvalue weighted by molar-refractivity contribution is -0.123. The molecule has 0 spiro atoms. The van der Waals surface area contributed by atoms with Crippen molar-refractivity contribution in [3.63, 3.8) is 0 Å². The normalized spacial score (nSPS) is 11.9. The number of aryl methyl sites for hydroxylation is 1. The highest BCUT2D eigenvalue weighted by atomic mass is 16.5. The van der Waals surface area contributed by atoms with Crippen LogP contribution in [0.15, 0.2) is 24.3 Å². The molecule has 1 amide bonds. The molecular weight excluding hydrogens is 252 g/mol. The first-order valence-corrected chi connectivity index (χ1v) is 7.31. The molecule has 1 rings (SSSR count). The van der Waals surface area contributed by atoms with Crippen LogP contribution in [0, 0.1) is 0 Å². The van der Waals surface area contributed by atoms with E-state index in [1.807, 2.05) is 26.1 Å². The summed E-state index contributed by atoms with van der Waals surface area (Å²) in [4.78, 5) is 11.4. The van der Waals surface area contributed by atoms with E-state index in [4.69, 9.17) is 4.74 Å². The van der Waals surface area contributed by atoms with E-state index in [1.165, 1.54) is 5.56 Å². The number of ether oxygens (including phenoxy) is 1. The van der Waals surface area contributed by atoms with Gasteiger partial charge in [0.2, 0.25) is 0 Å². The minimum atomic E-state index is -0.0706. The third-order valence-electron chi connectivity index (χ3n) is 3.22. The zero-order valence-electron chi connectivity index (χ0n) is 12.7. The van der Waals surface area contributed by atoms with Crippen molar-refractivity contribution in [1.29, 1.82) is 0 Å². The first-order valence-electron chi connectivity index (χ1n) is 7.31. The number of carbonyl (C=O) groups excluding carboxylic acids is 1. The number of rotatable bonds is 9. The van der Waals surface area contributed by atoms with Gasteiger partial charge in [-0.05, 0) is 50.9 Å². The summed E-state index contributed by atoms with van der Waals surface area (Å²) >= 11 is 0. The van der Waals surface area contributed by atoms with Gasteiger partial charge < -0.3 is 15.4 Å². The second-order valence-electron chi connectivity index (χ2n) is 5.01. The van der Waals surface area contributed by atoms with Gasteiger partial charge in [-0.15, -0.1) is 0 Å². The number of nitrogens with one attached hydrogen (secondary N) is 2. The molecule has 0 heterocycles. The van der Waals surface area contributed by atoms with Crippen LogP contribution in [0.4, 0.5) is 0 Å². The lowest BCUT2D eigenvalue weighted by Crippen LogP contribution is -2.29. The smallest absolute Gasteiger partial charge is 0.257 e. The highest BCUT2D eigenvalue weighted by Gasteiger charge is 2.03. The molecule has 4 nitrogen and oxygen atoms in total. The first-order chi connectivity index (χ1) is 9.65. The van der Waals surface area contributed by atoms with Gasteiger partial charge in [-0.3, -0.25) is 4.79 Å². The van der Waals surface area contributed by atoms with Gasteiger partial charge in [0.25, 0.3) is 5.91 Å². The summed E-state index contributed by atoms with van der Waals surface area (Å²) in [6.07, 6.45) is 3.08.